The molecule has 0 amide bonds. The summed E-state index contributed by atoms with van der Waals surface area (Å²) in [5.41, 5.74) is 6.43. The molecule has 1 aromatic rings. The Morgan fingerprint density at radius 1 is 1.32 bits per heavy atom. The van der Waals surface area contributed by atoms with Gasteiger partial charge < -0.3 is 25.1 Å². The molecule has 0 saturated heterocycles. The standard InChI is InChI=1S/C12H16BrNO5/c1-17-7-5-8(18-2)12(19-3)11(13)10(7)6(14)4-9(15)16/h5-6H,4,14H2,1-3H3,(H,15,16). The summed E-state index contributed by atoms with van der Waals surface area (Å²) in [6.07, 6.45) is -0.218. The van der Waals surface area contributed by atoms with Gasteiger partial charge >= 0.3 is 5.97 Å². The molecule has 0 heterocycles. The van der Waals surface area contributed by atoms with E-state index in [9.17, 15) is 4.79 Å². The van der Waals surface area contributed by atoms with Crippen molar-refractivity contribution in [2.24, 2.45) is 5.73 Å². The van der Waals surface area contributed by atoms with E-state index in [1.807, 2.05) is 0 Å². The van der Waals surface area contributed by atoms with Gasteiger partial charge in [-0.25, -0.2) is 0 Å². The molecule has 0 fully saturated rings. The number of carboxylic acid groups (broad SMARTS) is 1. The summed E-state index contributed by atoms with van der Waals surface area (Å²) in [6, 6.07) is 0.891. The van der Waals surface area contributed by atoms with Crippen molar-refractivity contribution in [2.75, 3.05) is 21.3 Å². The van der Waals surface area contributed by atoms with Crippen molar-refractivity contribution in [3.63, 3.8) is 0 Å². The van der Waals surface area contributed by atoms with Crippen LogP contribution in [-0.2, 0) is 4.79 Å². The van der Waals surface area contributed by atoms with Gasteiger partial charge in [-0.05, 0) is 15.9 Å². The number of hydrogen-bond donors (Lipinski definition) is 2. The van der Waals surface area contributed by atoms with Crippen LogP contribution in [0.1, 0.15) is 18.0 Å². The van der Waals surface area contributed by atoms with Crippen molar-refractivity contribution in [1.82, 2.24) is 0 Å². The number of benzene rings is 1. The number of halogens is 1. The third kappa shape index (κ3) is 3.30. The zero-order valence-corrected chi connectivity index (χ0v) is 12.5. The normalized spacial score (nSPS) is 11.8. The number of aliphatic carboxylic acids is 1. The lowest BCUT2D eigenvalue weighted by Crippen LogP contribution is -2.17. The van der Waals surface area contributed by atoms with Crippen molar-refractivity contribution in [1.29, 1.82) is 0 Å². The Balaban J connectivity index is 3.40. The Hall–Kier alpha value is -1.47. The van der Waals surface area contributed by atoms with Crippen LogP contribution in [0.5, 0.6) is 17.2 Å². The lowest BCUT2D eigenvalue weighted by molar-refractivity contribution is -0.137. The number of carbonyl (C=O) groups is 1. The van der Waals surface area contributed by atoms with Crippen molar-refractivity contribution in [3.05, 3.63) is 16.1 Å². The molecule has 0 spiro atoms. The summed E-state index contributed by atoms with van der Waals surface area (Å²) in [5, 5.41) is 8.83. The van der Waals surface area contributed by atoms with E-state index in [0.29, 0.717) is 27.3 Å². The molecular weight excluding hydrogens is 318 g/mol. The van der Waals surface area contributed by atoms with Crippen molar-refractivity contribution in [2.45, 2.75) is 12.5 Å². The number of carboxylic acids is 1. The van der Waals surface area contributed by atoms with Gasteiger partial charge in [0.1, 0.15) is 5.75 Å². The van der Waals surface area contributed by atoms with Crippen molar-refractivity contribution < 1.29 is 24.1 Å². The van der Waals surface area contributed by atoms with E-state index in [2.05, 4.69) is 15.9 Å². The maximum absolute atomic E-state index is 10.8. The Bertz CT molecular complexity index is 478. The maximum Gasteiger partial charge on any atom is 0.305 e. The average Bonchev–Trinajstić information content (AvgIpc) is 2.36. The quantitative estimate of drug-likeness (QED) is 0.826. The summed E-state index contributed by atoms with van der Waals surface area (Å²) in [5.74, 6) is 0.367. The van der Waals surface area contributed by atoms with E-state index in [4.69, 9.17) is 25.1 Å². The fourth-order valence-corrected chi connectivity index (χ4v) is 2.59. The monoisotopic (exact) mass is 333 g/mol. The Morgan fingerprint density at radius 2 is 1.89 bits per heavy atom. The molecule has 0 aliphatic rings. The van der Waals surface area contributed by atoms with Gasteiger partial charge in [-0.3, -0.25) is 4.79 Å². The van der Waals surface area contributed by atoms with Crippen molar-refractivity contribution in [3.8, 4) is 17.2 Å². The third-order valence-electron chi connectivity index (χ3n) is 2.60. The first-order valence-corrected chi connectivity index (χ1v) is 6.21. The summed E-state index contributed by atoms with van der Waals surface area (Å²) < 4.78 is 16.2. The highest BCUT2D eigenvalue weighted by molar-refractivity contribution is 9.10. The zero-order valence-electron chi connectivity index (χ0n) is 10.9. The minimum Gasteiger partial charge on any atom is -0.496 e. The van der Waals surface area contributed by atoms with Crippen LogP contribution >= 0.6 is 15.9 Å². The second-order valence-corrected chi connectivity index (χ2v) is 4.54. The van der Waals surface area contributed by atoms with Crippen molar-refractivity contribution >= 4 is 21.9 Å². The molecule has 1 aromatic carbocycles. The van der Waals surface area contributed by atoms with Crippen LogP contribution < -0.4 is 19.9 Å². The Morgan fingerprint density at radius 3 is 2.32 bits per heavy atom. The molecule has 1 unspecified atom stereocenters. The van der Waals surface area contributed by atoms with E-state index in [1.165, 1.54) is 21.3 Å². The molecule has 6 nitrogen and oxygen atoms in total. The molecule has 19 heavy (non-hydrogen) atoms. The average molecular weight is 334 g/mol. The fourth-order valence-electron chi connectivity index (χ4n) is 1.75. The van der Waals surface area contributed by atoms with Gasteiger partial charge in [-0.15, -0.1) is 0 Å². The number of rotatable bonds is 6. The molecule has 1 rings (SSSR count). The second kappa shape index (κ2) is 6.63. The predicted octanol–water partition coefficient (Wildman–Crippen LogP) is 1.95. The van der Waals surface area contributed by atoms with Gasteiger partial charge in [0.25, 0.3) is 0 Å². The first-order chi connectivity index (χ1) is 8.96. The number of hydrogen-bond acceptors (Lipinski definition) is 5. The predicted molar refractivity (Wildman–Crippen MR) is 73.0 cm³/mol. The molecule has 0 radical (unpaired) electrons. The third-order valence-corrected chi connectivity index (χ3v) is 3.38. The summed E-state index contributed by atoms with van der Waals surface area (Å²) >= 11 is 3.36. The van der Waals surface area contributed by atoms with Crippen LogP contribution in [0.3, 0.4) is 0 Å². The lowest BCUT2D eigenvalue weighted by atomic mass is 10.0. The van der Waals surface area contributed by atoms with E-state index in [1.54, 1.807) is 6.07 Å². The highest BCUT2D eigenvalue weighted by atomic mass is 79.9. The fraction of sp³-hybridized carbons (Fsp3) is 0.417. The van der Waals surface area contributed by atoms with Crippen LogP contribution in [0.4, 0.5) is 0 Å². The Kier molecular flexibility index (Phi) is 5.44. The summed E-state index contributed by atoms with van der Waals surface area (Å²) in [6.45, 7) is 0. The largest absolute Gasteiger partial charge is 0.496 e. The molecule has 106 valence electrons. The molecule has 7 heteroatoms. The van der Waals surface area contributed by atoms with Gasteiger partial charge in [0.05, 0.1) is 32.2 Å². The molecular formula is C12H16BrNO5. The number of ether oxygens (including phenoxy) is 3. The first kappa shape index (κ1) is 15.6. The van der Waals surface area contributed by atoms with Gasteiger partial charge in [-0.1, -0.05) is 0 Å². The van der Waals surface area contributed by atoms with Crippen LogP contribution in [0, 0.1) is 0 Å². The second-order valence-electron chi connectivity index (χ2n) is 3.75. The molecule has 0 aromatic heterocycles. The van der Waals surface area contributed by atoms with Crippen LogP contribution in [-0.4, -0.2) is 32.4 Å². The molecule has 0 saturated carbocycles. The molecule has 1 atom stereocenters. The minimum absolute atomic E-state index is 0.218. The van der Waals surface area contributed by atoms with E-state index < -0.39 is 12.0 Å². The molecule has 3 N–H and O–H groups in total. The highest BCUT2D eigenvalue weighted by Crippen LogP contribution is 2.45. The van der Waals surface area contributed by atoms with E-state index in [-0.39, 0.29) is 6.42 Å². The summed E-state index contributed by atoms with van der Waals surface area (Å²) in [4.78, 5) is 10.8. The SMILES string of the molecule is COc1cc(OC)c(C(N)CC(=O)O)c(Br)c1OC. The van der Waals surface area contributed by atoms with E-state index >= 15 is 0 Å². The minimum atomic E-state index is -0.990. The van der Waals surface area contributed by atoms with Gasteiger partial charge in [-0.2, -0.15) is 0 Å². The number of nitrogens with two attached hydrogens (primary N) is 1. The zero-order chi connectivity index (χ0) is 14.6. The van der Waals surface area contributed by atoms with Gasteiger partial charge in [0.2, 0.25) is 0 Å². The van der Waals surface area contributed by atoms with E-state index in [0.717, 1.165) is 0 Å². The molecule has 0 aliphatic carbocycles. The van der Waals surface area contributed by atoms with Crippen LogP contribution in [0.25, 0.3) is 0 Å². The van der Waals surface area contributed by atoms with Gasteiger partial charge in [0.15, 0.2) is 11.5 Å². The lowest BCUT2D eigenvalue weighted by Gasteiger charge is -2.20. The smallest absolute Gasteiger partial charge is 0.305 e. The molecule has 0 bridgehead atoms. The van der Waals surface area contributed by atoms with Crippen LogP contribution in [0.15, 0.2) is 10.5 Å². The molecule has 0 aliphatic heterocycles. The number of methoxy groups -OCH3 is 3. The van der Waals surface area contributed by atoms with Crippen LogP contribution in [0.2, 0.25) is 0 Å². The Labute approximate surface area is 119 Å². The summed E-state index contributed by atoms with van der Waals surface area (Å²) in [7, 11) is 4.47. The highest BCUT2D eigenvalue weighted by Gasteiger charge is 2.24. The van der Waals surface area contributed by atoms with Gasteiger partial charge in [0, 0.05) is 17.7 Å². The maximum atomic E-state index is 10.8. The first-order valence-electron chi connectivity index (χ1n) is 5.41. The topological polar surface area (TPSA) is 91.0 Å².